The van der Waals surface area contributed by atoms with Gasteiger partial charge in [-0.05, 0) is 18.2 Å². The van der Waals surface area contributed by atoms with Gasteiger partial charge in [0.05, 0.1) is 24.8 Å². The first-order valence-corrected chi connectivity index (χ1v) is 4.24. The molecule has 0 aliphatic carbocycles. The molecule has 3 nitrogen and oxygen atoms in total. The van der Waals surface area contributed by atoms with Crippen LogP contribution in [-0.4, -0.2) is 13.2 Å². The molecular weight excluding hydrogens is 185 g/mol. The van der Waals surface area contributed by atoms with Gasteiger partial charge in [-0.25, -0.2) is 4.39 Å². The predicted octanol–water partition coefficient (Wildman–Crippen LogP) is 1.74. The van der Waals surface area contributed by atoms with Crippen molar-refractivity contribution in [3.8, 4) is 6.07 Å². The largest absolute Gasteiger partial charge is 0.346 e. The van der Waals surface area contributed by atoms with Crippen molar-refractivity contribution in [3.05, 3.63) is 35.1 Å². The molecule has 0 aromatic heterocycles. The zero-order valence-electron chi connectivity index (χ0n) is 7.37. The maximum absolute atomic E-state index is 12.9. The van der Waals surface area contributed by atoms with Gasteiger partial charge in [0.1, 0.15) is 5.82 Å². The molecule has 0 atom stereocenters. The van der Waals surface area contributed by atoms with Crippen molar-refractivity contribution in [3.63, 3.8) is 0 Å². The van der Waals surface area contributed by atoms with Crippen LogP contribution in [0.15, 0.2) is 18.2 Å². The smallest absolute Gasteiger partial charge is 0.185 e. The molecule has 72 valence electrons. The lowest BCUT2D eigenvalue weighted by Crippen LogP contribution is -2.01. The lowest BCUT2D eigenvalue weighted by Gasteiger charge is -2.10. The molecule has 0 saturated carbocycles. The third kappa shape index (κ3) is 1.60. The maximum Gasteiger partial charge on any atom is 0.185 e. The van der Waals surface area contributed by atoms with Gasteiger partial charge in [0.2, 0.25) is 0 Å². The quantitative estimate of drug-likeness (QED) is 0.682. The molecule has 1 aromatic carbocycles. The summed E-state index contributed by atoms with van der Waals surface area (Å²) in [6, 6.07) is 5.92. The molecule has 4 heteroatoms. The van der Waals surface area contributed by atoms with Gasteiger partial charge in [0.15, 0.2) is 6.29 Å². The number of hydrogen-bond acceptors (Lipinski definition) is 3. The minimum Gasteiger partial charge on any atom is -0.346 e. The highest BCUT2D eigenvalue weighted by Gasteiger charge is 2.21. The Morgan fingerprint density at radius 2 is 2.07 bits per heavy atom. The van der Waals surface area contributed by atoms with Crippen LogP contribution in [0, 0.1) is 17.1 Å². The Kier molecular flexibility index (Phi) is 2.44. The molecule has 1 aromatic rings. The van der Waals surface area contributed by atoms with Gasteiger partial charge in [-0.2, -0.15) is 5.26 Å². The molecule has 1 aliphatic rings. The monoisotopic (exact) mass is 193 g/mol. The van der Waals surface area contributed by atoms with E-state index in [1.165, 1.54) is 18.2 Å². The van der Waals surface area contributed by atoms with Crippen LogP contribution in [0.5, 0.6) is 0 Å². The average molecular weight is 193 g/mol. The zero-order valence-corrected chi connectivity index (χ0v) is 7.37. The Balaban J connectivity index is 2.39. The van der Waals surface area contributed by atoms with E-state index >= 15 is 0 Å². The molecule has 1 saturated heterocycles. The van der Waals surface area contributed by atoms with E-state index in [1.807, 2.05) is 6.07 Å². The van der Waals surface area contributed by atoms with E-state index in [0.717, 1.165) is 0 Å². The Labute approximate surface area is 80.7 Å². The van der Waals surface area contributed by atoms with E-state index in [1.54, 1.807) is 0 Å². The van der Waals surface area contributed by atoms with Gasteiger partial charge in [-0.3, -0.25) is 0 Å². The summed E-state index contributed by atoms with van der Waals surface area (Å²) in [4.78, 5) is 0. The lowest BCUT2D eigenvalue weighted by molar-refractivity contribution is -0.0444. The molecule has 0 bridgehead atoms. The predicted molar refractivity (Wildman–Crippen MR) is 45.8 cm³/mol. The fourth-order valence-electron chi connectivity index (χ4n) is 1.37. The highest BCUT2D eigenvalue weighted by Crippen LogP contribution is 2.26. The number of rotatable bonds is 1. The SMILES string of the molecule is N#Cc1ccc(F)cc1C1OCCO1. The second kappa shape index (κ2) is 3.74. The first kappa shape index (κ1) is 9.13. The molecule has 0 unspecified atom stereocenters. The van der Waals surface area contributed by atoms with Crippen LogP contribution in [0.1, 0.15) is 17.4 Å². The Morgan fingerprint density at radius 1 is 1.36 bits per heavy atom. The van der Waals surface area contributed by atoms with E-state index in [0.29, 0.717) is 24.3 Å². The van der Waals surface area contributed by atoms with E-state index in [9.17, 15) is 4.39 Å². The molecule has 0 radical (unpaired) electrons. The van der Waals surface area contributed by atoms with E-state index in [4.69, 9.17) is 14.7 Å². The summed E-state index contributed by atoms with van der Waals surface area (Å²) in [6.45, 7) is 0.956. The van der Waals surface area contributed by atoms with E-state index in [-0.39, 0.29) is 0 Å². The second-order valence-corrected chi connectivity index (χ2v) is 2.92. The van der Waals surface area contributed by atoms with Crippen molar-refractivity contribution in [1.29, 1.82) is 5.26 Å². The molecule has 1 aliphatic heterocycles. The number of nitrogens with zero attached hydrogens (tertiary/aromatic N) is 1. The van der Waals surface area contributed by atoms with Gasteiger partial charge in [0, 0.05) is 5.56 Å². The Hall–Kier alpha value is -1.44. The van der Waals surface area contributed by atoms with Crippen LogP contribution in [0.3, 0.4) is 0 Å². The maximum atomic E-state index is 12.9. The van der Waals surface area contributed by atoms with Gasteiger partial charge in [0.25, 0.3) is 0 Å². The fourth-order valence-corrected chi connectivity index (χ4v) is 1.37. The Morgan fingerprint density at radius 3 is 2.71 bits per heavy atom. The van der Waals surface area contributed by atoms with Crippen LogP contribution in [0.25, 0.3) is 0 Å². The van der Waals surface area contributed by atoms with E-state index < -0.39 is 12.1 Å². The lowest BCUT2D eigenvalue weighted by atomic mass is 10.1. The van der Waals surface area contributed by atoms with Crippen molar-refractivity contribution in [2.24, 2.45) is 0 Å². The van der Waals surface area contributed by atoms with Crippen molar-refractivity contribution in [2.75, 3.05) is 13.2 Å². The van der Waals surface area contributed by atoms with Gasteiger partial charge in [-0.15, -0.1) is 0 Å². The third-order valence-corrected chi connectivity index (χ3v) is 2.01. The second-order valence-electron chi connectivity index (χ2n) is 2.92. The Bertz CT molecular complexity index is 380. The average Bonchev–Trinajstić information content (AvgIpc) is 2.70. The number of nitriles is 1. The summed E-state index contributed by atoms with van der Waals surface area (Å²) in [6.07, 6.45) is -0.597. The van der Waals surface area contributed by atoms with E-state index in [2.05, 4.69) is 0 Å². The van der Waals surface area contributed by atoms with Crippen molar-refractivity contribution >= 4 is 0 Å². The number of halogens is 1. The molecule has 1 fully saturated rings. The number of hydrogen-bond donors (Lipinski definition) is 0. The zero-order chi connectivity index (χ0) is 9.97. The van der Waals surface area contributed by atoms with Crippen molar-refractivity contribution in [1.82, 2.24) is 0 Å². The van der Waals surface area contributed by atoms with Crippen LogP contribution in [-0.2, 0) is 9.47 Å². The summed E-state index contributed by atoms with van der Waals surface area (Å²) < 4.78 is 23.3. The molecule has 0 amide bonds. The molecular formula is C10H8FNO2. The highest BCUT2D eigenvalue weighted by atomic mass is 19.1. The first-order chi connectivity index (χ1) is 6.81. The molecule has 0 spiro atoms. The highest BCUT2D eigenvalue weighted by molar-refractivity contribution is 5.38. The minimum atomic E-state index is -0.597. The third-order valence-electron chi connectivity index (χ3n) is 2.01. The van der Waals surface area contributed by atoms with Crippen LogP contribution in [0.4, 0.5) is 4.39 Å². The summed E-state index contributed by atoms with van der Waals surface area (Å²) in [5.41, 5.74) is 0.850. The minimum absolute atomic E-state index is 0.387. The van der Waals surface area contributed by atoms with Crippen LogP contribution in [0.2, 0.25) is 0 Å². The van der Waals surface area contributed by atoms with Gasteiger partial charge >= 0.3 is 0 Å². The van der Waals surface area contributed by atoms with Crippen molar-refractivity contribution in [2.45, 2.75) is 6.29 Å². The summed E-state index contributed by atoms with van der Waals surface area (Å²) in [7, 11) is 0. The van der Waals surface area contributed by atoms with Gasteiger partial charge < -0.3 is 9.47 Å². The fraction of sp³-hybridized carbons (Fsp3) is 0.300. The normalized spacial score (nSPS) is 16.9. The molecule has 0 N–H and O–H groups in total. The molecule has 14 heavy (non-hydrogen) atoms. The molecule has 2 rings (SSSR count). The summed E-state index contributed by atoms with van der Waals surface area (Å²) in [5, 5.41) is 8.79. The van der Waals surface area contributed by atoms with Crippen molar-refractivity contribution < 1.29 is 13.9 Å². The van der Waals surface area contributed by atoms with Crippen LogP contribution < -0.4 is 0 Å². The van der Waals surface area contributed by atoms with Crippen LogP contribution >= 0.6 is 0 Å². The molecule has 1 heterocycles. The number of benzene rings is 1. The summed E-state index contributed by atoms with van der Waals surface area (Å²) in [5.74, 6) is -0.391. The topological polar surface area (TPSA) is 42.2 Å². The number of ether oxygens (including phenoxy) is 2. The van der Waals surface area contributed by atoms with Gasteiger partial charge in [-0.1, -0.05) is 0 Å². The first-order valence-electron chi connectivity index (χ1n) is 4.24. The standard InChI is InChI=1S/C10H8FNO2/c11-8-2-1-7(6-12)9(5-8)10-13-3-4-14-10/h1-2,5,10H,3-4H2. The summed E-state index contributed by atoms with van der Waals surface area (Å²) >= 11 is 0.